The van der Waals surface area contributed by atoms with Gasteiger partial charge in [-0.15, -0.1) is 0 Å². The molecular weight excluding hydrogens is 228 g/mol. The van der Waals surface area contributed by atoms with Gasteiger partial charge in [0.15, 0.2) is 0 Å². The molecule has 0 heterocycles. The summed E-state index contributed by atoms with van der Waals surface area (Å²) in [5, 5.41) is 0. The van der Waals surface area contributed by atoms with Crippen molar-refractivity contribution in [3.63, 3.8) is 0 Å². The molecule has 2 heteroatoms. The van der Waals surface area contributed by atoms with Crippen molar-refractivity contribution in [1.29, 1.82) is 0 Å². The number of benzene rings is 1. The summed E-state index contributed by atoms with van der Waals surface area (Å²) in [6.45, 7) is 5.01. The van der Waals surface area contributed by atoms with Crippen LogP contribution in [0.15, 0.2) is 24.3 Å². The van der Waals surface area contributed by atoms with E-state index in [1.165, 1.54) is 5.56 Å². The van der Waals surface area contributed by atoms with E-state index in [-0.39, 0.29) is 0 Å². The molecule has 0 aliphatic carbocycles. The maximum atomic E-state index is 5.47. The van der Waals surface area contributed by atoms with E-state index in [2.05, 4.69) is 41.9 Å². The highest BCUT2D eigenvalue weighted by atomic mass is 79.9. The number of rotatable bonds is 4. The molecule has 1 unspecified atom stereocenters. The highest BCUT2D eigenvalue weighted by Gasteiger charge is 1.99. The summed E-state index contributed by atoms with van der Waals surface area (Å²) in [6.07, 6.45) is 1.05. The smallest absolute Gasteiger partial charge is 0.119 e. The van der Waals surface area contributed by atoms with Crippen LogP contribution < -0.4 is 4.74 Å². The number of halogens is 1. The Morgan fingerprint density at radius 3 is 2.38 bits per heavy atom. The molecule has 0 N–H and O–H groups in total. The van der Waals surface area contributed by atoms with Crippen molar-refractivity contribution in [2.24, 2.45) is 0 Å². The molecule has 1 nitrogen and oxygen atoms in total. The fourth-order valence-corrected chi connectivity index (χ4v) is 1.35. The first-order valence-corrected chi connectivity index (χ1v) is 5.52. The minimum absolute atomic E-state index is 0.410. The van der Waals surface area contributed by atoms with Gasteiger partial charge in [0.1, 0.15) is 5.75 Å². The molecule has 0 bridgehead atoms. The monoisotopic (exact) mass is 242 g/mol. The molecule has 13 heavy (non-hydrogen) atoms. The van der Waals surface area contributed by atoms with E-state index < -0.39 is 0 Å². The van der Waals surface area contributed by atoms with Gasteiger partial charge in [0.25, 0.3) is 0 Å². The van der Waals surface area contributed by atoms with Crippen LogP contribution in [0.2, 0.25) is 0 Å². The van der Waals surface area contributed by atoms with Gasteiger partial charge in [-0.1, -0.05) is 35.0 Å². The predicted molar refractivity (Wildman–Crippen MR) is 59.6 cm³/mol. The zero-order valence-electron chi connectivity index (χ0n) is 8.09. The standard InChI is InChI=1S/C11H15BrO/c1-3-8-13-11-6-4-10(5-7-11)9(2)12/h4-7,9H,3,8H2,1-2H3. The minimum atomic E-state index is 0.410. The molecule has 0 aliphatic rings. The molecule has 0 amide bonds. The second-order valence-corrected chi connectivity index (χ2v) is 4.41. The van der Waals surface area contributed by atoms with Crippen molar-refractivity contribution in [3.8, 4) is 5.75 Å². The molecular formula is C11H15BrO. The molecule has 0 aliphatic heterocycles. The van der Waals surface area contributed by atoms with Crippen molar-refractivity contribution < 1.29 is 4.74 Å². The lowest BCUT2D eigenvalue weighted by Gasteiger charge is -2.06. The van der Waals surface area contributed by atoms with Crippen LogP contribution in [0.1, 0.15) is 30.7 Å². The van der Waals surface area contributed by atoms with Gasteiger partial charge < -0.3 is 4.74 Å². The van der Waals surface area contributed by atoms with Gasteiger partial charge in [-0.05, 0) is 31.0 Å². The van der Waals surface area contributed by atoms with E-state index in [1.54, 1.807) is 0 Å². The van der Waals surface area contributed by atoms with Crippen molar-refractivity contribution in [2.45, 2.75) is 25.1 Å². The zero-order chi connectivity index (χ0) is 9.68. The largest absolute Gasteiger partial charge is 0.494 e. The summed E-state index contributed by atoms with van der Waals surface area (Å²) in [5.74, 6) is 0.957. The van der Waals surface area contributed by atoms with Crippen LogP contribution in [0.5, 0.6) is 5.75 Å². The van der Waals surface area contributed by atoms with Gasteiger partial charge in [-0.3, -0.25) is 0 Å². The molecule has 0 radical (unpaired) electrons. The highest BCUT2D eigenvalue weighted by Crippen LogP contribution is 2.23. The minimum Gasteiger partial charge on any atom is -0.494 e. The van der Waals surface area contributed by atoms with E-state index in [1.807, 2.05) is 12.1 Å². The Balaban J connectivity index is 2.59. The van der Waals surface area contributed by atoms with Gasteiger partial charge in [-0.2, -0.15) is 0 Å². The van der Waals surface area contributed by atoms with Crippen LogP contribution in [0.3, 0.4) is 0 Å². The molecule has 0 fully saturated rings. The number of hydrogen-bond acceptors (Lipinski definition) is 1. The van der Waals surface area contributed by atoms with Crippen LogP contribution in [0, 0.1) is 0 Å². The molecule has 0 saturated heterocycles. The third-order valence-electron chi connectivity index (χ3n) is 1.81. The fourth-order valence-electron chi connectivity index (χ4n) is 1.05. The second kappa shape index (κ2) is 5.28. The lowest BCUT2D eigenvalue weighted by Crippen LogP contribution is -1.94. The average molecular weight is 243 g/mol. The third-order valence-corrected chi connectivity index (χ3v) is 2.34. The molecule has 1 aromatic carbocycles. The Bertz CT molecular complexity index is 241. The van der Waals surface area contributed by atoms with Gasteiger partial charge in [0.05, 0.1) is 6.61 Å². The molecule has 0 spiro atoms. The Hall–Kier alpha value is -0.500. The number of alkyl halides is 1. The molecule has 0 aromatic heterocycles. The SMILES string of the molecule is CCCOc1ccc(C(C)Br)cc1. The summed E-state index contributed by atoms with van der Waals surface area (Å²) >= 11 is 3.52. The average Bonchev–Trinajstić information content (AvgIpc) is 2.15. The van der Waals surface area contributed by atoms with Crippen molar-refractivity contribution in [2.75, 3.05) is 6.61 Å². The van der Waals surface area contributed by atoms with Crippen LogP contribution >= 0.6 is 15.9 Å². The van der Waals surface area contributed by atoms with E-state index in [0.717, 1.165) is 18.8 Å². The summed E-state index contributed by atoms with van der Waals surface area (Å²) < 4.78 is 5.47. The second-order valence-electron chi connectivity index (χ2n) is 3.03. The molecule has 0 saturated carbocycles. The van der Waals surface area contributed by atoms with Crippen LogP contribution in [0.4, 0.5) is 0 Å². The summed E-state index contributed by atoms with van der Waals surface area (Å²) in [4.78, 5) is 0.410. The lowest BCUT2D eigenvalue weighted by molar-refractivity contribution is 0.317. The molecule has 1 aromatic rings. The lowest BCUT2D eigenvalue weighted by atomic mass is 10.2. The third kappa shape index (κ3) is 3.39. The number of hydrogen-bond donors (Lipinski definition) is 0. The predicted octanol–water partition coefficient (Wildman–Crippen LogP) is 3.93. The van der Waals surface area contributed by atoms with Gasteiger partial charge in [0, 0.05) is 4.83 Å². The quantitative estimate of drug-likeness (QED) is 0.728. The van der Waals surface area contributed by atoms with Gasteiger partial charge in [0.2, 0.25) is 0 Å². The van der Waals surface area contributed by atoms with Crippen molar-refractivity contribution >= 4 is 15.9 Å². The molecule has 72 valence electrons. The first-order valence-electron chi connectivity index (χ1n) is 4.61. The van der Waals surface area contributed by atoms with Gasteiger partial charge in [-0.25, -0.2) is 0 Å². The Morgan fingerprint density at radius 1 is 1.31 bits per heavy atom. The maximum absolute atomic E-state index is 5.47. The van der Waals surface area contributed by atoms with E-state index >= 15 is 0 Å². The Kier molecular flexibility index (Phi) is 4.29. The summed E-state index contributed by atoms with van der Waals surface area (Å²) in [5.41, 5.74) is 1.28. The fraction of sp³-hybridized carbons (Fsp3) is 0.455. The Labute approximate surface area is 88.2 Å². The van der Waals surface area contributed by atoms with Crippen LogP contribution in [0.25, 0.3) is 0 Å². The van der Waals surface area contributed by atoms with E-state index in [9.17, 15) is 0 Å². The van der Waals surface area contributed by atoms with Crippen LogP contribution in [-0.2, 0) is 0 Å². The zero-order valence-corrected chi connectivity index (χ0v) is 9.67. The maximum Gasteiger partial charge on any atom is 0.119 e. The summed E-state index contributed by atoms with van der Waals surface area (Å²) in [7, 11) is 0. The summed E-state index contributed by atoms with van der Waals surface area (Å²) in [6, 6.07) is 8.21. The first-order chi connectivity index (χ1) is 6.24. The molecule has 1 rings (SSSR count). The topological polar surface area (TPSA) is 9.23 Å². The van der Waals surface area contributed by atoms with E-state index in [0.29, 0.717) is 4.83 Å². The van der Waals surface area contributed by atoms with Crippen LogP contribution in [-0.4, -0.2) is 6.61 Å². The van der Waals surface area contributed by atoms with E-state index in [4.69, 9.17) is 4.74 Å². The normalized spacial score (nSPS) is 12.5. The van der Waals surface area contributed by atoms with Gasteiger partial charge >= 0.3 is 0 Å². The Morgan fingerprint density at radius 2 is 1.92 bits per heavy atom. The van der Waals surface area contributed by atoms with Crippen molar-refractivity contribution in [3.05, 3.63) is 29.8 Å². The first kappa shape index (κ1) is 10.6. The molecule has 1 atom stereocenters. The van der Waals surface area contributed by atoms with Crippen molar-refractivity contribution in [1.82, 2.24) is 0 Å². The highest BCUT2D eigenvalue weighted by molar-refractivity contribution is 9.09. The number of ether oxygens (including phenoxy) is 1.